The van der Waals surface area contributed by atoms with Crippen LogP contribution in [0.4, 0.5) is 4.39 Å². The number of hydrogen-bond donors (Lipinski definition) is 1. The third-order valence-electron chi connectivity index (χ3n) is 2.61. The first-order valence-corrected chi connectivity index (χ1v) is 5.65. The third kappa shape index (κ3) is 2.65. The molecule has 0 saturated heterocycles. The minimum absolute atomic E-state index is 0.288. The molecule has 2 rings (SSSR count). The average Bonchev–Trinajstić information content (AvgIpc) is 2.34. The van der Waals surface area contributed by atoms with Crippen LogP contribution < -0.4 is 4.74 Å². The van der Waals surface area contributed by atoms with Crippen molar-refractivity contribution in [1.29, 1.82) is 0 Å². The van der Waals surface area contributed by atoms with Gasteiger partial charge in [-0.05, 0) is 37.6 Å². The van der Waals surface area contributed by atoms with Gasteiger partial charge in [0.2, 0.25) is 5.88 Å². The summed E-state index contributed by atoms with van der Waals surface area (Å²) in [4.78, 5) is 4.04. The van der Waals surface area contributed by atoms with Crippen LogP contribution in [0.1, 0.15) is 24.2 Å². The van der Waals surface area contributed by atoms with Crippen LogP contribution in [-0.4, -0.2) is 10.1 Å². The lowest BCUT2D eigenvalue weighted by Gasteiger charge is -2.11. The number of ether oxygens (including phenoxy) is 1. The van der Waals surface area contributed by atoms with Gasteiger partial charge < -0.3 is 9.84 Å². The summed E-state index contributed by atoms with van der Waals surface area (Å²) in [6.45, 7) is 3.31. The summed E-state index contributed by atoms with van der Waals surface area (Å²) in [5.41, 5.74) is 1.12. The number of aromatic nitrogens is 1. The second kappa shape index (κ2) is 5.14. The van der Waals surface area contributed by atoms with Crippen LogP contribution in [0.3, 0.4) is 0 Å². The Labute approximate surface area is 105 Å². The number of aliphatic hydroxyl groups is 1. The van der Waals surface area contributed by atoms with E-state index in [9.17, 15) is 9.50 Å². The van der Waals surface area contributed by atoms with Gasteiger partial charge in [0, 0.05) is 17.8 Å². The lowest BCUT2D eigenvalue weighted by molar-refractivity contribution is 0.194. The number of pyridine rings is 1. The summed E-state index contributed by atoms with van der Waals surface area (Å²) >= 11 is 0. The van der Waals surface area contributed by atoms with Gasteiger partial charge in [0.05, 0.1) is 6.10 Å². The van der Waals surface area contributed by atoms with E-state index in [1.165, 1.54) is 6.07 Å². The van der Waals surface area contributed by atoms with Crippen LogP contribution in [0.15, 0.2) is 36.5 Å². The van der Waals surface area contributed by atoms with Crippen molar-refractivity contribution < 1.29 is 14.2 Å². The lowest BCUT2D eigenvalue weighted by atomic mass is 10.2. The van der Waals surface area contributed by atoms with E-state index in [0.717, 1.165) is 0 Å². The number of hydrogen-bond acceptors (Lipinski definition) is 3. The molecular weight excluding hydrogens is 233 g/mol. The van der Waals surface area contributed by atoms with Crippen LogP contribution in [0, 0.1) is 12.7 Å². The summed E-state index contributed by atoms with van der Waals surface area (Å²) < 4.78 is 18.9. The van der Waals surface area contributed by atoms with Gasteiger partial charge in [-0.1, -0.05) is 6.07 Å². The molecule has 0 aliphatic carbocycles. The molecule has 0 radical (unpaired) electrons. The molecule has 1 N–H and O–H groups in total. The number of nitrogens with zero attached hydrogens (tertiary/aromatic N) is 1. The van der Waals surface area contributed by atoms with Crippen molar-refractivity contribution in [2.45, 2.75) is 20.0 Å². The third-order valence-corrected chi connectivity index (χ3v) is 2.61. The molecule has 1 aromatic heterocycles. The summed E-state index contributed by atoms with van der Waals surface area (Å²) in [7, 11) is 0. The van der Waals surface area contributed by atoms with Crippen molar-refractivity contribution in [1.82, 2.24) is 4.98 Å². The fourth-order valence-corrected chi connectivity index (χ4v) is 1.56. The van der Waals surface area contributed by atoms with Crippen LogP contribution in [-0.2, 0) is 0 Å². The van der Waals surface area contributed by atoms with Gasteiger partial charge in [-0.15, -0.1) is 0 Å². The number of halogens is 1. The standard InChI is InChI=1S/C14H14FNO2/c1-9-5-6-11(8-13(9)15)18-14-12(10(2)17)4-3-7-16-14/h3-8,10,17H,1-2H3/t10-/m1/s1. The van der Waals surface area contributed by atoms with Crippen molar-refractivity contribution in [3.8, 4) is 11.6 Å². The number of rotatable bonds is 3. The van der Waals surface area contributed by atoms with E-state index in [2.05, 4.69) is 4.98 Å². The molecule has 0 saturated carbocycles. The molecule has 0 unspecified atom stereocenters. The topological polar surface area (TPSA) is 42.4 Å². The fourth-order valence-electron chi connectivity index (χ4n) is 1.56. The molecule has 3 nitrogen and oxygen atoms in total. The Balaban J connectivity index is 2.31. The van der Waals surface area contributed by atoms with Gasteiger partial charge in [0.1, 0.15) is 11.6 Å². The second-order valence-electron chi connectivity index (χ2n) is 4.09. The molecular formula is C14H14FNO2. The van der Waals surface area contributed by atoms with Crippen LogP contribution in [0.5, 0.6) is 11.6 Å². The van der Waals surface area contributed by atoms with E-state index < -0.39 is 6.10 Å². The maximum absolute atomic E-state index is 13.4. The van der Waals surface area contributed by atoms with Crippen LogP contribution in [0.25, 0.3) is 0 Å². The molecule has 4 heteroatoms. The van der Waals surface area contributed by atoms with E-state index in [4.69, 9.17) is 4.74 Å². The Hall–Kier alpha value is -1.94. The van der Waals surface area contributed by atoms with Crippen LogP contribution >= 0.6 is 0 Å². The first kappa shape index (κ1) is 12.5. The predicted octanol–water partition coefficient (Wildman–Crippen LogP) is 3.37. The number of aliphatic hydroxyl groups excluding tert-OH is 1. The Morgan fingerprint density at radius 2 is 2.11 bits per heavy atom. The Morgan fingerprint density at radius 3 is 2.78 bits per heavy atom. The predicted molar refractivity (Wildman–Crippen MR) is 66.1 cm³/mol. The average molecular weight is 247 g/mol. The first-order valence-electron chi connectivity index (χ1n) is 5.65. The van der Waals surface area contributed by atoms with E-state index in [1.54, 1.807) is 44.3 Å². The van der Waals surface area contributed by atoms with Gasteiger partial charge in [0.25, 0.3) is 0 Å². The summed E-state index contributed by atoms with van der Waals surface area (Å²) in [6.07, 6.45) is 0.871. The van der Waals surface area contributed by atoms with Gasteiger partial charge >= 0.3 is 0 Å². The molecule has 0 amide bonds. The van der Waals surface area contributed by atoms with Crippen molar-refractivity contribution in [2.24, 2.45) is 0 Å². The summed E-state index contributed by atoms with van der Waals surface area (Å²) in [5, 5.41) is 9.59. The highest BCUT2D eigenvalue weighted by molar-refractivity contribution is 5.35. The smallest absolute Gasteiger partial charge is 0.225 e. The zero-order valence-electron chi connectivity index (χ0n) is 10.2. The number of benzene rings is 1. The molecule has 0 aliphatic heterocycles. The highest BCUT2D eigenvalue weighted by Gasteiger charge is 2.11. The highest BCUT2D eigenvalue weighted by atomic mass is 19.1. The maximum atomic E-state index is 13.4. The van der Waals surface area contributed by atoms with Gasteiger partial charge in [-0.3, -0.25) is 0 Å². The molecule has 0 fully saturated rings. The van der Waals surface area contributed by atoms with Gasteiger partial charge in [-0.2, -0.15) is 0 Å². The van der Waals surface area contributed by atoms with Crippen molar-refractivity contribution in [3.63, 3.8) is 0 Å². The van der Waals surface area contributed by atoms with Gasteiger partial charge in [-0.25, -0.2) is 9.37 Å². The molecule has 2 aromatic rings. The highest BCUT2D eigenvalue weighted by Crippen LogP contribution is 2.27. The SMILES string of the molecule is Cc1ccc(Oc2ncccc2[C@@H](C)O)cc1F. The largest absolute Gasteiger partial charge is 0.439 e. The summed E-state index contributed by atoms with van der Waals surface area (Å²) in [6, 6.07) is 8.03. The molecule has 18 heavy (non-hydrogen) atoms. The molecule has 1 atom stereocenters. The zero-order chi connectivity index (χ0) is 13.1. The van der Waals surface area contributed by atoms with E-state index in [0.29, 0.717) is 16.9 Å². The van der Waals surface area contributed by atoms with E-state index in [1.807, 2.05) is 0 Å². The van der Waals surface area contributed by atoms with Crippen molar-refractivity contribution >= 4 is 0 Å². The molecule has 0 spiro atoms. The Bertz CT molecular complexity index is 555. The monoisotopic (exact) mass is 247 g/mol. The minimum atomic E-state index is -0.691. The van der Waals surface area contributed by atoms with E-state index >= 15 is 0 Å². The second-order valence-corrected chi connectivity index (χ2v) is 4.09. The minimum Gasteiger partial charge on any atom is -0.439 e. The maximum Gasteiger partial charge on any atom is 0.225 e. The number of aryl methyl sites for hydroxylation is 1. The Kier molecular flexibility index (Phi) is 3.58. The molecule has 1 aromatic carbocycles. The normalized spacial score (nSPS) is 12.2. The van der Waals surface area contributed by atoms with E-state index in [-0.39, 0.29) is 11.7 Å². The zero-order valence-corrected chi connectivity index (χ0v) is 10.2. The molecule has 94 valence electrons. The molecule has 1 heterocycles. The fraction of sp³-hybridized carbons (Fsp3) is 0.214. The Morgan fingerprint density at radius 1 is 1.33 bits per heavy atom. The van der Waals surface area contributed by atoms with Crippen LogP contribution in [0.2, 0.25) is 0 Å². The quantitative estimate of drug-likeness (QED) is 0.904. The molecule has 0 bridgehead atoms. The first-order chi connectivity index (χ1) is 8.58. The van der Waals surface area contributed by atoms with Crippen molar-refractivity contribution in [3.05, 3.63) is 53.5 Å². The van der Waals surface area contributed by atoms with Crippen molar-refractivity contribution in [2.75, 3.05) is 0 Å². The lowest BCUT2D eigenvalue weighted by Crippen LogP contribution is -1.98. The van der Waals surface area contributed by atoms with Gasteiger partial charge in [0.15, 0.2) is 0 Å². The molecule has 0 aliphatic rings. The summed E-state index contributed by atoms with van der Waals surface area (Å²) in [5.74, 6) is 0.316.